The van der Waals surface area contributed by atoms with Gasteiger partial charge >= 0.3 is 6.01 Å². The zero-order valence-electron chi connectivity index (χ0n) is 14.2. The molecule has 1 atom stereocenters. The van der Waals surface area contributed by atoms with Crippen LogP contribution in [0.3, 0.4) is 0 Å². The summed E-state index contributed by atoms with van der Waals surface area (Å²) < 4.78 is 5.53. The molecule has 0 aliphatic heterocycles. The van der Waals surface area contributed by atoms with Crippen LogP contribution in [-0.2, 0) is 12.8 Å². The van der Waals surface area contributed by atoms with Crippen molar-refractivity contribution in [3.63, 3.8) is 0 Å². The van der Waals surface area contributed by atoms with Gasteiger partial charge < -0.3 is 15.0 Å². The third kappa shape index (κ3) is 3.39. The van der Waals surface area contributed by atoms with E-state index in [9.17, 15) is 0 Å². The summed E-state index contributed by atoms with van der Waals surface area (Å²) in [4.78, 5) is 16.1. The van der Waals surface area contributed by atoms with Crippen molar-refractivity contribution in [2.24, 2.45) is 0 Å². The van der Waals surface area contributed by atoms with Crippen molar-refractivity contribution in [3.05, 3.63) is 40.8 Å². The molecule has 0 amide bonds. The molecule has 4 rings (SSSR count). The maximum absolute atomic E-state index is 6.01. The Morgan fingerprint density at radius 3 is 2.92 bits per heavy atom. The Balaban J connectivity index is 1.55. The van der Waals surface area contributed by atoms with E-state index in [1.807, 2.05) is 13.8 Å². The lowest BCUT2D eigenvalue weighted by molar-refractivity contribution is 0.222. The highest BCUT2D eigenvalue weighted by molar-refractivity contribution is 6.28. The summed E-state index contributed by atoms with van der Waals surface area (Å²) in [5.41, 5.74) is 3.90. The Labute approximate surface area is 151 Å². The van der Waals surface area contributed by atoms with E-state index in [0.717, 1.165) is 19.3 Å². The molecule has 0 saturated carbocycles. The summed E-state index contributed by atoms with van der Waals surface area (Å²) in [5, 5.41) is 4.82. The molecule has 130 valence electrons. The minimum atomic E-state index is -0.0187. The number of hydrogen-bond donors (Lipinski definition) is 2. The van der Waals surface area contributed by atoms with Gasteiger partial charge in [-0.3, -0.25) is 0 Å². The highest BCUT2D eigenvalue weighted by atomic mass is 35.5. The first kappa shape index (κ1) is 16.1. The van der Waals surface area contributed by atoms with E-state index < -0.39 is 0 Å². The molecule has 0 fully saturated rings. The van der Waals surface area contributed by atoms with Gasteiger partial charge in [0.15, 0.2) is 0 Å². The zero-order chi connectivity index (χ0) is 17.4. The van der Waals surface area contributed by atoms with Crippen molar-refractivity contribution in [1.82, 2.24) is 19.9 Å². The number of hydrogen-bond acceptors (Lipinski definition) is 5. The Morgan fingerprint density at radius 2 is 2.08 bits per heavy atom. The molecule has 1 unspecified atom stereocenters. The van der Waals surface area contributed by atoms with Crippen LogP contribution in [0.2, 0.25) is 5.28 Å². The second-order valence-electron chi connectivity index (χ2n) is 6.59. The molecule has 0 saturated heterocycles. The molecule has 1 aliphatic carbocycles. The minimum Gasteiger partial charge on any atom is -0.461 e. The van der Waals surface area contributed by atoms with E-state index in [4.69, 9.17) is 16.3 Å². The van der Waals surface area contributed by atoms with Crippen LogP contribution in [0.5, 0.6) is 6.01 Å². The van der Waals surface area contributed by atoms with Crippen LogP contribution in [0.1, 0.15) is 31.5 Å². The fourth-order valence-electron chi connectivity index (χ4n) is 3.34. The van der Waals surface area contributed by atoms with E-state index in [1.54, 1.807) is 0 Å². The van der Waals surface area contributed by atoms with Gasteiger partial charge in [-0.05, 0) is 56.3 Å². The number of rotatable bonds is 4. The lowest BCUT2D eigenvalue weighted by Crippen LogP contribution is -2.28. The van der Waals surface area contributed by atoms with Crippen molar-refractivity contribution >= 4 is 28.5 Å². The predicted molar refractivity (Wildman–Crippen MR) is 98.3 cm³/mol. The molecule has 2 heterocycles. The van der Waals surface area contributed by atoms with Crippen LogP contribution in [-0.4, -0.2) is 32.1 Å². The van der Waals surface area contributed by atoms with Crippen LogP contribution in [0.25, 0.3) is 10.9 Å². The third-order valence-corrected chi connectivity index (χ3v) is 4.53. The first-order chi connectivity index (χ1) is 12.1. The lowest BCUT2D eigenvalue weighted by Gasteiger charge is -2.23. The molecular formula is C18H20ClN5O. The fraction of sp³-hybridized carbons (Fsp3) is 0.389. The number of para-hydroxylation sites is 1. The Hall–Kier alpha value is -2.34. The second kappa shape index (κ2) is 6.52. The number of ether oxygens (including phenoxy) is 1. The Kier molecular flexibility index (Phi) is 4.21. The van der Waals surface area contributed by atoms with Gasteiger partial charge in [0.25, 0.3) is 0 Å². The van der Waals surface area contributed by atoms with Gasteiger partial charge in [-0.25, -0.2) is 0 Å². The number of aromatic nitrogens is 4. The quantitative estimate of drug-likeness (QED) is 0.743. The van der Waals surface area contributed by atoms with Crippen molar-refractivity contribution in [2.45, 2.75) is 45.3 Å². The topological polar surface area (TPSA) is 75.7 Å². The van der Waals surface area contributed by atoms with Gasteiger partial charge in [0.1, 0.15) is 0 Å². The molecule has 0 bridgehead atoms. The second-order valence-corrected chi connectivity index (χ2v) is 6.93. The van der Waals surface area contributed by atoms with Gasteiger partial charge in [-0.1, -0.05) is 18.2 Å². The summed E-state index contributed by atoms with van der Waals surface area (Å²) in [5.74, 6) is 0.462. The van der Waals surface area contributed by atoms with E-state index in [1.165, 1.54) is 22.2 Å². The normalized spacial score (nSPS) is 16.9. The molecule has 2 N–H and O–H groups in total. The number of aryl methyl sites for hydroxylation is 1. The highest BCUT2D eigenvalue weighted by Crippen LogP contribution is 2.30. The van der Waals surface area contributed by atoms with Gasteiger partial charge in [0, 0.05) is 22.6 Å². The van der Waals surface area contributed by atoms with E-state index in [2.05, 4.69) is 49.5 Å². The molecule has 1 aromatic carbocycles. The van der Waals surface area contributed by atoms with Crippen LogP contribution in [0.4, 0.5) is 5.95 Å². The van der Waals surface area contributed by atoms with Crippen LogP contribution >= 0.6 is 11.6 Å². The Bertz CT molecular complexity index is 908. The number of nitrogens with one attached hydrogen (secondary N) is 2. The highest BCUT2D eigenvalue weighted by Gasteiger charge is 2.23. The standard InChI is InChI=1S/C18H20ClN5O/c1-10(2)25-18-23-16(19)22-17(24-18)20-11-7-8-15-13(9-11)12-5-3-4-6-14(12)21-15/h3-6,10-11,21H,7-9H2,1-2H3,(H,20,22,23,24). The SMILES string of the molecule is CC(C)Oc1nc(Cl)nc(NC2CCc3[nH]c4ccccc4c3C2)n1. The molecule has 0 spiro atoms. The van der Waals surface area contributed by atoms with Crippen molar-refractivity contribution in [3.8, 4) is 6.01 Å². The number of nitrogens with zero attached hydrogens (tertiary/aromatic N) is 3. The zero-order valence-corrected chi connectivity index (χ0v) is 15.0. The van der Waals surface area contributed by atoms with Gasteiger partial charge in [-0.15, -0.1) is 0 Å². The molecule has 3 aromatic rings. The fourth-order valence-corrected chi connectivity index (χ4v) is 3.49. The van der Waals surface area contributed by atoms with Gasteiger partial charge in [0.05, 0.1) is 6.10 Å². The Morgan fingerprint density at radius 1 is 1.24 bits per heavy atom. The molecule has 6 nitrogen and oxygen atoms in total. The number of H-pyrrole nitrogens is 1. The number of benzene rings is 1. The number of aromatic amines is 1. The maximum atomic E-state index is 6.01. The van der Waals surface area contributed by atoms with E-state index in [-0.39, 0.29) is 23.4 Å². The summed E-state index contributed by atoms with van der Waals surface area (Å²) >= 11 is 6.01. The summed E-state index contributed by atoms with van der Waals surface area (Å²) in [6.45, 7) is 3.84. The maximum Gasteiger partial charge on any atom is 0.322 e. The van der Waals surface area contributed by atoms with Crippen LogP contribution < -0.4 is 10.1 Å². The van der Waals surface area contributed by atoms with Crippen molar-refractivity contribution < 1.29 is 4.74 Å². The van der Waals surface area contributed by atoms with E-state index >= 15 is 0 Å². The molecule has 2 aromatic heterocycles. The number of halogens is 1. The molecule has 1 aliphatic rings. The van der Waals surface area contributed by atoms with Crippen LogP contribution in [0.15, 0.2) is 24.3 Å². The largest absolute Gasteiger partial charge is 0.461 e. The third-order valence-electron chi connectivity index (χ3n) is 4.36. The number of anilines is 1. The van der Waals surface area contributed by atoms with Crippen LogP contribution in [0, 0.1) is 0 Å². The average molecular weight is 358 g/mol. The lowest BCUT2D eigenvalue weighted by atomic mass is 9.91. The van der Waals surface area contributed by atoms with Gasteiger partial charge in [0.2, 0.25) is 11.2 Å². The van der Waals surface area contributed by atoms with Crippen molar-refractivity contribution in [1.29, 1.82) is 0 Å². The summed E-state index contributed by atoms with van der Waals surface area (Å²) in [6, 6.07) is 8.93. The molecule has 0 radical (unpaired) electrons. The monoisotopic (exact) mass is 357 g/mol. The summed E-state index contributed by atoms with van der Waals surface area (Å²) in [6.07, 6.45) is 2.90. The minimum absolute atomic E-state index is 0.0187. The smallest absolute Gasteiger partial charge is 0.322 e. The van der Waals surface area contributed by atoms with Crippen molar-refractivity contribution in [2.75, 3.05) is 5.32 Å². The molecular weight excluding hydrogens is 338 g/mol. The van der Waals surface area contributed by atoms with E-state index in [0.29, 0.717) is 5.95 Å². The first-order valence-electron chi connectivity index (χ1n) is 8.51. The van der Waals surface area contributed by atoms with Gasteiger partial charge in [-0.2, -0.15) is 15.0 Å². The summed E-state index contributed by atoms with van der Waals surface area (Å²) in [7, 11) is 0. The first-order valence-corrected chi connectivity index (χ1v) is 8.89. The number of fused-ring (bicyclic) bond motifs is 3. The predicted octanol–water partition coefficient (Wildman–Crippen LogP) is 3.76. The molecule has 7 heteroatoms. The molecule has 25 heavy (non-hydrogen) atoms. The average Bonchev–Trinajstić information content (AvgIpc) is 2.92.